The van der Waals surface area contributed by atoms with Gasteiger partial charge in [-0.3, -0.25) is 0 Å². The molecule has 0 aliphatic heterocycles. The lowest BCUT2D eigenvalue weighted by molar-refractivity contribution is 0.239. The summed E-state index contributed by atoms with van der Waals surface area (Å²) in [6, 6.07) is 9.13. The SMILES string of the molecule is CCNC(CCN(C)C(C)CCSC)c1ccccc1Cl. The van der Waals surface area contributed by atoms with Crippen molar-refractivity contribution in [3.8, 4) is 0 Å². The van der Waals surface area contributed by atoms with Gasteiger partial charge in [0.2, 0.25) is 0 Å². The minimum Gasteiger partial charge on any atom is -0.310 e. The molecule has 0 aliphatic rings. The minimum atomic E-state index is 0.332. The van der Waals surface area contributed by atoms with Crippen LogP contribution in [0.25, 0.3) is 0 Å². The second-order valence-corrected chi connectivity index (χ2v) is 6.92. The molecule has 0 saturated carbocycles. The van der Waals surface area contributed by atoms with E-state index in [9.17, 15) is 0 Å². The molecule has 2 unspecified atom stereocenters. The van der Waals surface area contributed by atoms with Crippen LogP contribution in [0.4, 0.5) is 0 Å². The summed E-state index contributed by atoms with van der Waals surface area (Å²) in [6.07, 6.45) is 4.50. The summed E-state index contributed by atoms with van der Waals surface area (Å²) in [5.41, 5.74) is 1.21. The number of nitrogens with one attached hydrogen (secondary N) is 1. The molecule has 0 heterocycles. The molecule has 0 saturated heterocycles. The van der Waals surface area contributed by atoms with Crippen LogP contribution in [0.3, 0.4) is 0 Å². The molecule has 1 aromatic rings. The third-order valence-corrected chi connectivity index (χ3v) is 4.98. The van der Waals surface area contributed by atoms with Crippen molar-refractivity contribution in [2.75, 3.05) is 32.1 Å². The van der Waals surface area contributed by atoms with Crippen LogP contribution in [0.2, 0.25) is 5.02 Å². The molecule has 1 aromatic carbocycles. The van der Waals surface area contributed by atoms with E-state index < -0.39 is 0 Å². The Kier molecular flexibility index (Phi) is 9.41. The van der Waals surface area contributed by atoms with E-state index in [1.165, 1.54) is 17.7 Å². The van der Waals surface area contributed by atoms with Crippen molar-refractivity contribution in [1.29, 1.82) is 0 Å². The average molecular weight is 329 g/mol. The quantitative estimate of drug-likeness (QED) is 0.683. The van der Waals surface area contributed by atoms with Crippen LogP contribution in [0.15, 0.2) is 24.3 Å². The Labute approximate surface area is 139 Å². The lowest BCUT2D eigenvalue weighted by Crippen LogP contribution is -2.33. The van der Waals surface area contributed by atoms with Gasteiger partial charge in [-0.1, -0.05) is 36.7 Å². The van der Waals surface area contributed by atoms with Crippen molar-refractivity contribution in [2.24, 2.45) is 0 Å². The molecule has 0 fully saturated rings. The second-order valence-electron chi connectivity index (χ2n) is 5.53. The van der Waals surface area contributed by atoms with Gasteiger partial charge in [0.15, 0.2) is 0 Å². The molecule has 21 heavy (non-hydrogen) atoms. The maximum absolute atomic E-state index is 6.34. The fourth-order valence-corrected chi connectivity index (χ4v) is 3.28. The first-order chi connectivity index (χ1) is 10.1. The third kappa shape index (κ3) is 6.60. The molecule has 4 heteroatoms. The highest BCUT2D eigenvalue weighted by Gasteiger charge is 2.16. The number of benzene rings is 1. The zero-order valence-electron chi connectivity index (χ0n) is 13.7. The molecule has 0 aliphatic carbocycles. The van der Waals surface area contributed by atoms with E-state index in [0.717, 1.165) is 24.5 Å². The second kappa shape index (κ2) is 10.5. The van der Waals surface area contributed by atoms with E-state index in [1.807, 2.05) is 23.9 Å². The Hall–Kier alpha value is -0.220. The molecule has 2 nitrogen and oxygen atoms in total. The Morgan fingerprint density at radius 2 is 2.00 bits per heavy atom. The standard InChI is InChI=1S/C17H29ClN2S/c1-5-19-17(15-8-6-7-9-16(15)18)10-12-20(3)14(2)11-13-21-4/h6-9,14,17,19H,5,10-13H2,1-4H3. The lowest BCUT2D eigenvalue weighted by Gasteiger charge is -2.27. The average Bonchev–Trinajstić information content (AvgIpc) is 2.49. The fraction of sp³-hybridized carbons (Fsp3) is 0.647. The molecule has 0 bridgehead atoms. The Balaban J connectivity index is 2.57. The van der Waals surface area contributed by atoms with Gasteiger partial charge < -0.3 is 10.2 Å². The largest absolute Gasteiger partial charge is 0.310 e. The summed E-state index contributed by atoms with van der Waals surface area (Å²) >= 11 is 8.27. The molecule has 0 radical (unpaired) electrons. The van der Waals surface area contributed by atoms with Crippen LogP contribution in [0.1, 0.15) is 38.3 Å². The van der Waals surface area contributed by atoms with Crippen molar-refractivity contribution in [2.45, 2.75) is 38.8 Å². The van der Waals surface area contributed by atoms with Gasteiger partial charge in [0.25, 0.3) is 0 Å². The minimum absolute atomic E-state index is 0.332. The van der Waals surface area contributed by atoms with E-state index in [0.29, 0.717) is 12.1 Å². The molecule has 0 spiro atoms. The topological polar surface area (TPSA) is 15.3 Å². The van der Waals surface area contributed by atoms with Gasteiger partial charge in [-0.15, -0.1) is 0 Å². The maximum Gasteiger partial charge on any atom is 0.0453 e. The normalized spacial score (nSPS) is 14.4. The summed E-state index contributed by atoms with van der Waals surface area (Å²) < 4.78 is 0. The van der Waals surface area contributed by atoms with Crippen LogP contribution in [-0.4, -0.2) is 43.1 Å². The first kappa shape index (κ1) is 18.8. The summed E-state index contributed by atoms with van der Waals surface area (Å²) in [6.45, 7) is 6.50. The predicted octanol–water partition coefficient (Wildman–Crippen LogP) is 4.45. The first-order valence-corrected chi connectivity index (χ1v) is 9.54. The predicted molar refractivity (Wildman–Crippen MR) is 97.6 cm³/mol. The van der Waals surface area contributed by atoms with Crippen molar-refractivity contribution in [3.05, 3.63) is 34.9 Å². The molecule has 2 atom stereocenters. The van der Waals surface area contributed by atoms with Crippen LogP contribution >= 0.6 is 23.4 Å². The zero-order chi connectivity index (χ0) is 15.7. The van der Waals surface area contributed by atoms with Crippen LogP contribution < -0.4 is 5.32 Å². The van der Waals surface area contributed by atoms with Crippen molar-refractivity contribution >= 4 is 23.4 Å². The Morgan fingerprint density at radius 1 is 1.29 bits per heavy atom. The molecule has 0 amide bonds. The van der Waals surface area contributed by atoms with Gasteiger partial charge in [-0.25, -0.2) is 0 Å². The summed E-state index contributed by atoms with van der Waals surface area (Å²) in [4.78, 5) is 2.46. The first-order valence-electron chi connectivity index (χ1n) is 7.77. The van der Waals surface area contributed by atoms with E-state index in [1.54, 1.807) is 0 Å². The van der Waals surface area contributed by atoms with E-state index >= 15 is 0 Å². The van der Waals surface area contributed by atoms with Gasteiger partial charge in [0.05, 0.1) is 0 Å². The van der Waals surface area contributed by atoms with Gasteiger partial charge >= 0.3 is 0 Å². The van der Waals surface area contributed by atoms with Crippen LogP contribution in [0.5, 0.6) is 0 Å². The summed E-state index contributed by atoms with van der Waals surface area (Å²) in [7, 11) is 2.22. The van der Waals surface area contributed by atoms with Crippen molar-refractivity contribution < 1.29 is 0 Å². The molecule has 0 aromatic heterocycles. The zero-order valence-corrected chi connectivity index (χ0v) is 15.3. The molecular formula is C17H29ClN2S. The highest BCUT2D eigenvalue weighted by molar-refractivity contribution is 7.98. The van der Waals surface area contributed by atoms with Gasteiger partial charge in [-0.05, 0) is 63.5 Å². The number of hydrogen-bond acceptors (Lipinski definition) is 3. The molecule has 1 rings (SSSR count). The summed E-state index contributed by atoms with van der Waals surface area (Å²) in [5.74, 6) is 1.23. The van der Waals surface area contributed by atoms with E-state index in [4.69, 9.17) is 11.6 Å². The van der Waals surface area contributed by atoms with Gasteiger partial charge in [0.1, 0.15) is 0 Å². The third-order valence-electron chi connectivity index (χ3n) is 3.99. The lowest BCUT2D eigenvalue weighted by atomic mass is 10.0. The highest BCUT2D eigenvalue weighted by Crippen LogP contribution is 2.25. The van der Waals surface area contributed by atoms with Crippen LogP contribution in [-0.2, 0) is 0 Å². The number of thioether (sulfide) groups is 1. The Bertz CT molecular complexity index is 400. The van der Waals surface area contributed by atoms with Crippen molar-refractivity contribution in [3.63, 3.8) is 0 Å². The van der Waals surface area contributed by atoms with Gasteiger partial charge in [0, 0.05) is 17.1 Å². The monoisotopic (exact) mass is 328 g/mol. The summed E-state index contributed by atoms with van der Waals surface area (Å²) in [5, 5.41) is 4.42. The molecule has 1 N–H and O–H groups in total. The number of halogens is 1. The number of rotatable bonds is 10. The van der Waals surface area contributed by atoms with Crippen molar-refractivity contribution in [1.82, 2.24) is 10.2 Å². The Morgan fingerprint density at radius 3 is 2.62 bits per heavy atom. The smallest absolute Gasteiger partial charge is 0.0453 e. The number of nitrogens with zero attached hydrogens (tertiary/aromatic N) is 1. The molecule has 120 valence electrons. The molecular weight excluding hydrogens is 300 g/mol. The van der Waals surface area contributed by atoms with Crippen LogP contribution in [0, 0.1) is 0 Å². The van der Waals surface area contributed by atoms with E-state index in [-0.39, 0.29) is 0 Å². The number of hydrogen-bond donors (Lipinski definition) is 1. The maximum atomic E-state index is 6.34. The van der Waals surface area contributed by atoms with E-state index in [2.05, 4.69) is 49.5 Å². The van der Waals surface area contributed by atoms with Gasteiger partial charge in [-0.2, -0.15) is 11.8 Å². The highest BCUT2D eigenvalue weighted by atomic mass is 35.5. The fourth-order valence-electron chi connectivity index (χ4n) is 2.43.